The van der Waals surface area contributed by atoms with Crippen LogP contribution in [0.2, 0.25) is 0 Å². The second kappa shape index (κ2) is 6.35. The molecule has 1 aromatic carbocycles. The van der Waals surface area contributed by atoms with Crippen molar-refractivity contribution in [3.05, 3.63) is 35.4 Å². The number of hydrogen-bond donors (Lipinski definition) is 1. The summed E-state index contributed by atoms with van der Waals surface area (Å²) in [6, 6.07) is 10.5. The Morgan fingerprint density at radius 2 is 1.78 bits per heavy atom. The van der Waals surface area contributed by atoms with Gasteiger partial charge in [0.15, 0.2) is 0 Å². The van der Waals surface area contributed by atoms with E-state index in [1.165, 1.54) is 24.0 Å². The number of hydrogen-bond acceptors (Lipinski definition) is 2. The van der Waals surface area contributed by atoms with Gasteiger partial charge in [0.1, 0.15) is 0 Å². The van der Waals surface area contributed by atoms with E-state index in [0.717, 1.165) is 25.7 Å². The third-order valence-electron chi connectivity index (χ3n) is 3.72. The fraction of sp³-hybridized carbons (Fsp3) is 0.625. The van der Waals surface area contributed by atoms with E-state index < -0.39 is 0 Å². The van der Waals surface area contributed by atoms with Crippen molar-refractivity contribution in [2.24, 2.45) is 0 Å². The number of nitrogens with one attached hydrogen (secondary N) is 1. The van der Waals surface area contributed by atoms with Gasteiger partial charge in [-0.05, 0) is 44.4 Å². The maximum absolute atomic E-state index is 3.55. The Labute approximate surface area is 111 Å². The molecular formula is C16H26N2. The van der Waals surface area contributed by atoms with Crippen LogP contribution in [0.15, 0.2) is 24.3 Å². The Kier molecular flexibility index (Phi) is 4.79. The molecule has 1 aromatic rings. The molecule has 2 nitrogen and oxygen atoms in total. The van der Waals surface area contributed by atoms with E-state index in [-0.39, 0.29) is 0 Å². The van der Waals surface area contributed by atoms with Gasteiger partial charge in [0, 0.05) is 25.2 Å². The van der Waals surface area contributed by atoms with Crippen LogP contribution in [0.4, 0.5) is 0 Å². The third kappa shape index (κ3) is 4.11. The lowest BCUT2D eigenvalue weighted by Gasteiger charge is -2.24. The van der Waals surface area contributed by atoms with Crippen molar-refractivity contribution in [3.8, 4) is 0 Å². The van der Waals surface area contributed by atoms with E-state index >= 15 is 0 Å². The van der Waals surface area contributed by atoms with E-state index in [0.29, 0.717) is 6.04 Å². The van der Waals surface area contributed by atoms with Gasteiger partial charge in [-0.15, -0.1) is 0 Å². The molecule has 1 aliphatic rings. The first-order valence-electron chi connectivity index (χ1n) is 7.24. The fourth-order valence-electron chi connectivity index (χ4n) is 2.21. The van der Waals surface area contributed by atoms with Crippen LogP contribution >= 0.6 is 0 Å². The summed E-state index contributed by atoms with van der Waals surface area (Å²) < 4.78 is 0. The summed E-state index contributed by atoms with van der Waals surface area (Å²) in [5.41, 5.74) is 2.82. The highest BCUT2D eigenvalue weighted by Crippen LogP contribution is 2.19. The molecule has 0 saturated heterocycles. The number of benzene rings is 1. The summed E-state index contributed by atoms with van der Waals surface area (Å²) in [7, 11) is 0. The summed E-state index contributed by atoms with van der Waals surface area (Å²) in [6.07, 6.45) is 2.72. The number of nitrogens with zero attached hydrogens (tertiary/aromatic N) is 1. The van der Waals surface area contributed by atoms with Crippen molar-refractivity contribution in [3.63, 3.8) is 0 Å². The van der Waals surface area contributed by atoms with Gasteiger partial charge >= 0.3 is 0 Å². The molecule has 0 unspecified atom stereocenters. The van der Waals surface area contributed by atoms with Crippen LogP contribution in [-0.4, -0.2) is 23.5 Å². The Hall–Kier alpha value is -0.860. The van der Waals surface area contributed by atoms with Crippen molar-refractivity contribution >= 4 is 0 Å². The molecule has 0 aliphatic heterocycles. The Balaban J connectivity index is 1.85. The topological polar surface area (TPSA) is 15.3 Å². The molecule has 0 bridgehead atoms. The largest absolute Gasteiger partial charge is 0.310 e. The second-order valence-corrected chi connectivity index (χ2v) is 5.63. The molecule has 0 amide bonds. The van der Waals surface area contributed by atoms with Crippen LogP contribution < -0.4 is 5.32 Å². The molecule has 0 spiro atoms. The van der Waals surface area contributed by atoms with E-state index in [9.17, 15) is 0 Å². The van der Waals surface area contributed by atoms with Gasteiger partial charge in [0.05, 0.1) is 0 Å². The number of rotatable bonds is 7. The van der Waals surface area contributed by atoms with Crippen LogP contribution in [-0.2, 0) is 13.1 Å². The summed E-state index contributed by atoms with van der Waals surface area (Å²) in [5.74, 6) is 0. The molecule has 0 heterocycles. The maximum Gasteiger partial charge on any atom is 0.0236 e. The maximum atomic E-state index is 3.55. The minimum absolute atomic E-state index is 0.617. The van der Waals surface area contributed by atoms with Crippen molar-refractivity contribution in [1.82, 2.24) is 10.2 Å². The minimum Gasteiger partial charge on any atom is -0.310 e. The van der Waals surface area contributed by atoms with E-state index in [1.807, 2.05) is 0 Å². The van der Waals surface area contributed by atoms with Gasteiger partial charge in [0.2, 0.25) is 0 Å². The Morgan fingerprint density at radius 3 is 2.28 bits per heavy atom. The average Bonchev–Trinajstić information content (AvgIpc) is 3.18. The lowest BCUT2D eigenvalue weighted by Crippen LogP contribution is -2.29. The van der Waals surface area contributed by atoms with Crippen LogP contribution in [0, 0.1) is 0 Å². The van der Waals surface area contributed by atoms with Crippen molar-refractivity contribution in [1.29, 1.82) is 0 Å². The zero-order valence-electron chi connectivity index (χ0n) is 11.9. The Morgan fingerprint density at radius 1 is 1.17 bits per heavy atom. The third-order valence-corrected chi connectivity index (χ3v) is 3.72. The first-order valence-corrected chi connectivity index (χ1v) is 7.24. The fourth-order valence-corrected chi connectivity index (χ4v) is 2.21. The van der Waals surface area contributed by atoms with Crippen molar-refractivity contribution in [2.75, 3.05) is 6.54 Å². The zero-order valence-corrected chi connectivity index (χ0v) is 11.9. The highest BCUT2D eigenvalue weighted by Gasteiger charge is 2.19. The van der Waals surface area contributed by atoms with Gasteiger partial charge in [-0.3, -0.25) is 4.90 Å². The molecule has 1 aliphatic carbocycles. The molecule has 1 fully saturated rings. The normalized spacial score (nSPS) is 15.6. The summed E-state index contributed by atoms with van der Waals surface area (Å²) >= 11 is 0. The predicted molar refractivity (Wildman–Crippen MR) is 77.5 cm³/mol. The highest BCUT2D eigenvalue weighted by atomic mass is 15.1. The molecule has 2 rings (SSSR count). The van der Waals surface area contributed by atoms with E-state index in [2.05, 4.69) is 55.3 Å². The molecule has 1 saturated carbocycles. The first kappa shape index (κ1) is 13.6. The van der Waals surface area contributed by atoms with Gasteiger partial charge in [-0.25, -0.2) is 0 Å². The van der Waals surface area contributed by atoms with Crippen molar-refractivity contribution in [2.45, 2.75) is 58.8 Å². The molecule has 0 atom stereocenters. The average molecular weight is 246 g/mol. The summed E-state index contributed by atoms with van der Waals surface area (Å²) in [6.45, 7) is 9.95. The zero-order chi connectivity index (χ0) is 13.0. The molecule has 0 radical (unpaired) electrons. The second-order valence-electron chi connectivity index (χ2n) is 5.63. The molecule has 18 heavy (non-hydrogen) atoms. The molecule has 100 valence electrons. The standard InChI is InChI=1S/C16H26N2/c1-4-18(13(2)3)12-15-7-5-14(6-8-15)11-17-16-9-10-16/h5-8,13,16-17H,4,9-12H2,1-3H3. The lowest BCUT2D eigenvalue weighted by molar-refractivity contribution is 0.225. The monoisotopic (exact) mass is 246 g/mol. The minimum atomic E-state index is 0.617. The lowest BCUT2D eigenvalue weighted by atomic mass is 10.1. The molecule has 2 heteroatoms. The Bertz CT molecular complexity index is 352. The summed E-state index contributed by atoms with van der Waals surface area (Å²) in [5, 5.41) is 3.55. The van der Waals surface area contributed by atoms with Gasteiger partial charge in [-0.1, -0.05) is 31.2 Å². The van der Waals surface area contributed by atoms with Crippen molar-refractivity contribution < 1.29 is 0 Å². The quantitative estimate of drug-likeness (QED) is 0.795. The van der Waals surface area contributed by atoms with Crippen LogP contribution in [0.5, 0.6) is 0 Å². The summed E-state index contributed by atoms with van der Waals surface area (Å²) in [4.78, 5) is 2.48. The van der Waals surface area contributed by atoms with Crippen LogP contribution in [0.3, 0.4) is 0 Å². The van der Waals surface area contributed by atoms with Gasteiger partial charge < -0.3 is 5.32 Å². The van der Waals surface area contributed by atoms with Crippen LogP contribution in [0.25, 0.3) is 0 Å². The first-order chi connectivity index (χ1) is 8.69. The SMILES string of the molecule is CCN(Cc1ccc(CNC2CC2)cc1)C(C)C. The van der Waals surface area contributed by atoms with Gasteiger partial charge in [0.25, 0.3) is 0 Å². The smallest absolute Gasteiger partial charge is 0.0236 e. The van der Waals surface area contributed by atoms with Gasteiger partial charge in [-0.2, -0.15) is 0 Å². The molecule has 1 N–H and O–H groups in total. The van der Waals surface area contributed by atoms with Crippen LogP contribution in [0.1, 0.15) is 44.7 Å². The predicted octanol–water partition coefficient (Wildman–Crippen LogP) is 3.17. The molecular weight excluding hydrogens is 220 g/mol. The highest BCUT2D eigenvalue weighted by molar-refractivity contribution is 5.22. The van der Waals surface area contributed by atoms with E-state index in [1.54, 1.807) is 0 Å². The van der Waals surface area contributed by atoms with E-state index in [4.69, 9.17) is 0 Å². The molecule has 0 aromatic heterocycles.